The normalized spacial score (nSPS) is 34.8. The minimum absolute atomic E-state index is 0.213. The second-order valence-corrected chi connectivity index (χ2v) is 10.5. The Labute approximate surface area is 153 Å². The molecule has 0 aromatic rings. The maximum atomic E-state index is 12.6. The average molecular weight is 371 g/mol. The lowest BCUT2D eigenvalue weighted by molar-refractivity contribution is 0.0488. The fraction of sp³-hybridized carbons (Fsp3) is 1.00. The highest BCUT2D eigenvalue weighted by Gasteiger charge is 2.43. The van der Waals surface area contributed by atoms with Gasteiger partial charge in [0.1, 0.15) is 0 Å². The highest BCUT2D eigenvalue weighted by molar-refractivity contribution is 7.89. The maximum absolute atomic E-state index is 12.6. The van der Waals surface area contributed by atoms with Crippen molar-refractivity contribution in [1.82, 2.24) is 19.0 Å². The smallest absolute Gasteiger partial charge is 0.216 e. The van der Waals surface area contributed by atoms with Gasteiger partial charge in [0.15, 0.2) is 0 Å². The minimum atomic E-state index is -3.04. The van der Waals surface area contributed by atoms with Gasteiger partial charge in [-0.15, -0.1) is 0 Å². The van der Waals surface area contributed by atoms with Crippen LogP contribution in [0.1, 0.15) is 38.5 Å². The van der Waals surface area contributed by atoms with E-state index in [9.17, 15) is 8.42 Å². The van der Waals surface area contributed by atoms with Crippen molar-refractivity contribution < 1.29 is 8.42 Å². The molecule has 4 fully saturated rings. The van der Waals surface area contributed by atoms with E-state index in [2.05, 4.69) is 21.7 Å². The van der Waals surface area contributed by atoms with Crippen molar-refractivity contribution in [3.8, 4) is 0 Å². The Kier molecular flexibility index (Phi) is 5.40. The summed E-state index contributed by atoms with van der Waals surface area (Å²) >= 11 is 0. The summed E-state index contributed by atoms with van der Waals surface area (Å²) in [5.41, 5.74) is 0. The molecule has 1 unspecified atom stereocenters. The first-order valence-corrected chi connectivity index (χ1v) is 11.8. The number of hydrogen-bond donors (Lipinski definition) is 0. The molecule has 3 saturated heterocycles. The molecule has 4 rings (SSSR count). The molecule has 0 spiro atoms. The van der Waals surface area contributed by atoms with Gasteiger partial charge in [-0.3, -0.25) is 9.80 Å². The van der Waals surface area contributed by atoms with E-state index in [1.165, 1.54) is 38.8 Å². The standard InChI is InChI=1S/C18H34N4O2S/c1-19-8-6-16(7-9-19)20-10-12-21(13-11-20)18-14-22(25(23,24)15-18)17-4-2-3-5-17/h16-18H,2-15H2,1H3. The predicted molar refractivity (Wildman–Crippen MR) is 100 cm³/mol. The number of piperazine rings is 1. The Morgan fingerprint density at radius 2 is 1.28 bits per heavy atom. The monoisotopic (exact) mass is 370 g/mol. The summed E-state index contributed by atoms with van der Waals surface area (Å²) in [6.45, 7) is 7.43. The number of hydrogen-bond acceptors (Lipinski definition) is 5. The van der Waals surface area contributed by atoms with E-state index in [1.807, 2.05) is 4.31 Å². The van der Waals surface area contributed by atoms with Crippen LogP contribution < -0.4 is 0 Å². The molecule has 7 heteroatoms. The van der Waals surface area contributed by atoms with Gasteiger partial charge in [-0.2, -0.15) is 4.31 Å². The molecule has 0 bridgehead atoms. The minimum Gasteiger partial charge on any atom is -0.306 e. The van der Waals surface area contributed by atoms with Gasteiger partial charge in [-0.25, -0.2) is 8.42 Å². The number of nitrogens with zero attached hydrogens (tertiary/aromatic N) is 4. The van der Waals surface area contributed by atoms with Crippen molar-refractivity contribution in [2.45, 2.75) is 56.7 Å². The van der Waals surface area contributed by atoms with E-state index in [0.29, 0.717) is 5.75 Å². The zero-order valence-electron chi connectivity index (χ0n) is 15.6. The molecule has 0 aromatic carbocycles. The molecule has 0 N–H and O–H groups in total. The van der Waals surface area contributed by atoms with Gasteiger partial charge in [0.2, 0.25) is 10.0 Å². The first-order valence-electron chi connectivity index (χ1n) is 10.2. The van der Waals surface area contributed by atoms with E-state index in [-0.39, 0.29) is 12.1 Å². The van der Waals surface area contributed by atoms with Gasteiger partial charge >= 0.3 is 0 Å². The summed E-state index contributed by atoms with van der Waals surface area (Å²) in [6, 6.07) is 1.24. The molecular weight excluding hydrogens is 336 g/mol. The third-order valence-electron chi connectivity index (χ3n) is 6.95. The Morgan fingerprint density at radius 1 is 0.720 bits per heavy atom. The Hall–Kier alpha value is -0.210. The average Bonchev–Trinajstić information content (AvgIpc) is 3.23. The van der Waals surface area contributed by atoms with E-state index in [0.717, 1.165) is 51.6 Å². The molecule has 4 aliphatic rings. The lowest BCUT2D eigenvalue weighted by Crippen LogP contribution is -2.55. The van der Waals surface area contributed by atoms with Gasteiger partial charge < -0.3 is 4.90 Å². The summed E-state index contributed by atoms with van der Waals surface area (Å²) in [7, 11) is -0.824. The molecule has 0 aromatic heterocycles. The van der Waals surface area contributed by atoms with Crippen LogP contribution in [0.25, 0.3) is 0 Å². The highest BCUT2D eigenvalue weighted by Crippen LogP contribution is 2.31. The van der Waals surface area contributed by atoms with Crippen molar-refractivity contribution in [1.29, 1.82) is 0 Å². The molecule has 0 amide bonds. The van der Waals surface area contributed by atoms with Gasteiger partial charge in [-0.05, 0) is 45.8 Å². The number of rotatable bonds is 3. The van der Waals surface area contributed by atoms with Crippen molar-refractivity contribution >= 4 is 10.0 Å². The first kappa shape index (κ1) is 18.2. The molecule has 1 atom stereocenters. The molecule has 3 aliphatic heterocycles. The Balaban J connectivity index is 1.31. The van der Waals surface area contributed by atoms with E-state index in [4.69, 9.17) is 0 Å². The highest BCUT2D eigenvalue weighted by atomic mass is 32.2. The van der Waals surface area contributed by atoms with Crippen LogP contribution in [0.5, 0.6) is 0 Å². The second kappa shape index (κ2) is 7.43. The first-order chi connectivity index (χ1) is 12.0. The number of piperidine rings is 1. The quantitative estimate of drug-likeness (QED) is 0.730. The molecule has 0 radical (unpaired) electrons. The largest absolute Gasteiger partial charge is 0.306 e. The van der Waals surface area contributed by atoms with Crippen LogP contribution >= 0.6 is 0 Å². The van der Waals surface area contributed by atoms with E-state index >= 15 is 0 Å². The van der Waals surface area contributed by atoms with Crippen LogP contribution in [-0.2, 0) is 10.0 Å². The zero-order valence-corrected chi connectivity index (χ0v) is 16.5. The fourth-order valence-corrected chi connectivity index (χ4v) is 7.39. The van der Waals surface area contributed by atoms with Gasteiger partial charge in [0.05, 0.1) is 5.75 Å². The third kappa shape index (κ3) is 3.90. The Bertz CT molecular complexity index is 547. The van der Waals surface area contributed by atoms with Gasteiger partial charge in [0.25, 0.3) is 0 Å². The molecule has 144 valence electrons. The van der Waals surface area contributed by atoms with Crippen LogP contribution in [0.3, 0.4) is 0 Å². The van der Waals surface area contributed by atoms with Crippen molar-refractivity contribution in [3.63, 3.8) is 0 Å². The van der Waals surface area contributed by atoms with E-state index < -0.39 is 10.0 Å². The summed E-state index contributed by atoms with van der Waals surface area (Å²) in [5, 5.41) is 0. The molecule has 3 heterocycles. The van der Waals surface area contributed by atoms with Crippen molar-refractivity contribution in [2.24, 2.45) is 0 Å². The summed E-state index contributed by atoms with van der Waals surface area (Å²) in [4.78, 5) is 7.54. The predicted octanol–water partition coefficient (Wildman–Crippen LogP) is 0.655. The zero-order chi connectivity index (χ0) is 17.4. The molecule has 6 nitrogen and oxygen atoms in total. The fourth-order valence-electron chi connectivity index (χ4n) is 5.33. The molecule has 1 saturated carbocycles. The van der Waals surface area contributed by atoms with E-state index in [1.54, 1.807) is 0 Å². The second-order valence-electron chi connectivity index (χ2n) is 8.55. The number of likely N-dealkylation sites (tertiary alicyclic amines) is 1. The summed E-state index contributed by atoms with van der Waals surface area (Å²) in [6.07, 6.45) is 7.08. The summed E-state index contributed by atoms with van der Waals surface area (Å²) in [5.74, 6) is 0.345. The van der Waals surface area contributed by atoms with Crippen LogP contribution in [0.2, 0.25) is 0 Å². The van der Waals surface area contributed by atoms with Crippen LogP contribution in [-0.4, -0.2) is 104 Å². The molecule has 25 heavy (non-hydrogen) atoms. The van der Waals surface area contributed by atoms with Crippen molar-refractivity contribution in [3.05, 3.63) is 0 Å². The van der Waals surface area contributed by atoms with Crippen LogP contribution in [0, 0.1) is 0 Å². The summed E-state index contributed by atoms with van der Waals surface area (Å²) < 4.78 is 27.1. The molecule has 1 aliphatic carbocycles. The topological polar surface area (TPSA) is 47.1 Å². The SMILES string of the molecule is CN1CCC(N2CCN(C3CN(C4CCCC4)S(=O)(=O)C3)CC2)CC1. The number of sulfonamides is 1. The van der Waals surface area contributed by atoms with Crippen LogP contribution in [0.4, 0.5) is 0 Å². The van der Waals surface area contributed by atoms with Crippen molar-refractivity contribution in [2.75, 3.05) is 58.6 Å². The lowest BCUT2D eigenvalue weighted by atomic mass is 10.0. The maximum Gasteiger partial charge on any atom is 0.216 e. The van der Waals surface area contributed by atoms with Gasteiger partial charge in [0, 0.05) is 50.8 Å². The lowest BCUT2D eigenvalue weighted by Gasteiger charge is -2.43. The molecular formula is C18H34N4O2S. The van der Waals surface area contributed by atoms with Crippen LogP contribution in [0.15, 0.2) is 0 Å². The Morgan fingerprint density at radius 3 is 1.88 bits per heavy atom. The third-order valence-corrected chi connectivity index (χ3v) is 8.92. The van der Waals surface area contributed by atoms with Gasteiger partial charge in [-0.1, -0.05) is 12.8 Å².